The summed E-state index contributed by atoms with van der Waals surface area (Å²) in [5, 5.41) is 0. The molecule has 0 heterocycles. The summed E-state index contributed by atoms with van der Waals surface area (Å²) in [6.07, 6.45) is 75.4. The summed E-state index contributed by atoms with van der Waals surface area (Å²) in [5.41, 5.74) is 0. The number of esters is 1. The molecule has 0 aliphatic rings. The van der Waals surface area contributed by atoms with E-state index >= 15 is 0 Å². The molecule has 0 aromatic rings. The van der Waals surface area contributed by atoms with Gasteiger partial charge in [-0.15, -0.1) is 0 Å². The summed E-state index contributed by atoms with van der Waals surface area (Å²) in [4.78, 5) is 12.1. The lowest BCUT2D eigenvalue weighted by atomic mass is 10.0. The van der Waals surface area contributed by atoms with E-state index in [0.717, 1.165) is 12.8 Å². The molecule has 0 aliphatic heterocycles. The molecule has 0 saturated heterocycles. The lowest BCUT2D eigenvalue weighted by Gasteiger charge is -2.06. The third kappa shape index (κ3) is 55.2. The van der Waals surface area contributed by atoms with Crippen LogP contribution < -0.4 is 0 Å². The van der Waals surface area contributed by atoms with Gasteiger partial charge in [0.1, 0.15) is 0 Å². The fourth-order valence-electron chi connectivity index (χ4n) is 8.96. The van der Waals surface area contributed by atoms with Gasteiger partial charge in [-0.05, 0) is 38.5 Å². The zero-order chi connectivity index (χ0) is 42.5. The van der Waals surface area contributed by atoms with Crippen molar-refractivity contribution in [2.75, 3.05) is 6.61 Å². The van der Waals surface area contributed by atoms with Crippen molar-refractivity contribution in [1.29, 1.82) is 0 Å². The average Bonchev–Trinajstić information content (AvgIpc) is 3.24. The smallest absolute Gasteiger partial charge is 0.305 e. The van der Waals surface area contributed by atoms with Crippen molar-refractivity contribution in [2.45, 2.75) is 341 Å². The second kappa shape index (κ2) is 55.2. The Hall–Kier alpha value is -0.790. The first-order chi connectivity index (χ1) is 29.3. The van der Waals surface area contributed by atoms with Crippen LogP contribution in [0.3, 0.4) is 0 Å². The van der Waals surface area contributed by atoms with Crippen LogP contribution in [0.1, 0.15) is 341 Å². The Balaban J connectivity index is 3.15. The fraction of sp³-hybridized carbons (Fsp3) is 0.947. The van der Waals surface area contributed by atoms with Gasteiger partial charge in [0.25, 0.3) is 0 Å². The van der Waals surface area contributed by atoms with Gasteiger partial charge in [-0.3, -0.25) is 4.79 Å². The highest BCUT2D eigenvalue weighted by atomic mass is 16.5. The Morgan fingerprint density at radius 1 is 0.271 bits per heavy atom. The molecule has 2 nitrogen and oxygen atoms in total. The highest BCUT2D eigenvalue weighted by Crippen LogP contribution is 2.18. The SMILES string of the molecule is CCCCCCCCC=CCCCCCCCCCC(=O)OCCCCCCCCCCCCCCCCCCCCCCCCCCCCCCCCCCCCC. The summed E-state index contributed by atoms with van der Waals surface area (Å²) in [7, 11) is 0. The predicted molar refractivity (Wildman–Crippen MR) is 267 cm³/mol. The van der Waals surface area contributed by atoms with Gasteiger partial charge in [-0.1, -0.05) is 309 Å². The lowest BCUT2D eigenvalue weighted by Crippen LogP contribution is -2.05. The molecule has 0 aromatic carbocycles. The number of ether oxygens (including phenoxy) is 1. The maximum absolute atomic E-state index is 12.1. The number of allylic oxidation sites excluding steroid dienone is 2. The van der Waals surface area contributed by atoms with Crippen molar-refractivity contribution in [3.05, 3.63) is 12.2 Å². The zero-order valence-electron chi connectivity index (χ0n) is 41.2. The topological polar surface area (TPSA) is 26.3 Å². The number of rotatable bonds is 53. The highest BCUT2D eigenvalue weighted by molar-refractivity contribution is 5.69. The van der Waals surface area contributed by atoms with Crippen LogP contribution in [0.2, 0.25) is 0 Å². The van der Waals surface area contributed by atoms with Gasteiger partial charge in [-0.2, -0.15) is 0 Å². The number of hydrogen-bond donors (Lipinski definition) is 0. The van der Waals surface area contributed by atoms with E-state index in [1.54, 1.807) is 0 Å². The summed E-state index contributed by atoms with van der Waals surface area (Å²) in [6.45, 7) is 5.23. The number of unbranched alkanes of at least 4 members (excludes halogenated alkanes) is 47. The Bertz CT molecular complexity index is 773. The van der Waals surface area contributed by atoms with Gasteiger partial charge >= 0.3 is 5.97 Å². The Morgan fingerprint density at radius 3 is 0.729 bits per heavy atom. The molecule has 0 amide bonds. The molecular formula is C57H112O2. The molecule has 0 rings (SSSR count). The molecule has 0 N–H and O–H groups in total. The first kappa shape index (κ1) is 58.2. The number of carbonyl (C=O) groups excluding carboxylic acids is 1. The van der Waals surface area contributed by atoms with Crippen LogP contribution in [0.25, 0.3) is 0 Å². The quantitative estimate of drug-likeness (QED) is 0.0347. The third-order valence-electron chi connectivity index (χ3n) is 13.2. The minimum atomic E-state index is 0.0268. The van der Waals surface area contributed by atoms with Crippen LogP contribution in [0.4, 0.5) is 0 Å². The second-order valence-electron chi connectivity index (χ2n) is 19.3. The molecular weight excluding hydrogens is 717 g/mol. The standard InChI is InChI=1S/C57H112O2/c1-3-5-7-9-11-13-15-17-19-21-22-23-24-25-26-27-28-29-30-31-32-33-34-35-36-37-38-40-42-44-46-48-50-52-54-56-59-57(58)55-53-51-49-47-45-43-41-39-20-18-16-14-12-10-8-6-4-2/h18,20H,3-17,19,21-56H2,1-2H3. The van der Waals surface area contributed by atoms with Crippen molar-refractivity contribution >= 4 is 5.97 Å². The van der Waals surface area contributed by atoms with Gasteiger partial charge < -0.3 is 4.74 Å². The predicted octanol–water partition coefficient (Wildman–Crippen LogP) is 21.0. The maximum atomic E-state index is 12.1. The van der Waals surface area contributed by atoms with Gasteiger partial charge in [0.15, 0.2) is 0 Å². The summed E-state index contributed by atoms with van der Waals surface area (Å²) in [5.74, 6) is 0.0268. The zero-order valence-corrected chi connectivity index (χ0v) is 41.2. The molecule has 0 aromatic heterocycles. The number of carbonyl (C=O) groups is 1. The Labute approximate surface area is 374 Å². The van der Waals surface area contributed by atoms with Crippen LogP contribution >= 0.6 is 0 Å². The molecule has 0 unspecified atom stereocenters. The Morgan fingerprint density at radius 2 is 0.475 bits per heavy atom. The molecule has 0 aliphatic carbocycles. The molecule has 0 radical (unpaired) electrons. The molecule has 2 heteroatoms. The van der Waals surface area contributed by atoms with Crippen LogP contribution in [0.5, 0.6) is 0 Å². The van der Waals surface area contributed by atoms with Crippen LogP contribution in [-0.2, 0) is 9.53 Å². The molecule has 0 atom stereocenters. The average molecular weight is 830 g/mol. The minimum Gasteiger partial charge on any atom is -0.466 e. The normalized spacial score (nSPS) is 11.7. The van der Waals surface area contributed by atoms with E-state index in [1.807, 2.05) is 0 Å². The van der Waals surface area contributed by atoms with E-state index in [0.29, 0.717) is 13.0 Å². The van der Waals surface area contributed by atoms with Crippen molar-refractivity contribution in [2.24, 2.45) is 0 Å². The first-order valence-corrected chi connectivity index (χ1v) is 28.1. The van der Waals surface area contributed by atoms with Crippen LogP contribution in [0, 0.1) is 0 Å². The minimum absolute atomic E-state index is 0.0268. The molecule has 0 fully saturated rings. The van der Waals surface area contributed by atoms with Crippen molar-refractivity contribution in [1.82, 2.24) is 0 Å². The van der Waals surface area contributed by atoms with E-state index in [9.17, 15) is 4.79 Å². The second-order valence-corrected chi connectivity index (χ2v) is 19.3. The van der Waals surface area contributed by atoms with Gasteiger partial charge in [0.05, 0.1) is 6.61 Å². The van der Waals surface area contributed by atoms with Gasteiger partial charge in [0, 0.05) is 6.42 Å². The van der Waals surface area contributed by atoms with Gasteiger partial charge in [-0.25, -0.2) is 0 Å². The number of hydrogen-bond acceptors (Lipinski definition) is 2. The van der Waals surface area contributed by atoms with E-state index in [2.05, 4.69) is 26.0 Å². The molecule has 0 spiro atoms. The molecule has 59 heavy (non-hydrogen) atoms. The highest BCUT2D eigenvalue weighted by Gasteiger charge is 2.03. The van der Waals surface area contributed by atoms with E-state index < -0.39 is 0 Å². The maximum Gasteiger partial charge on any atom is 0.305 e. The van der Waals surface area contributed by atoms with E-state index in [-0.39, 0.29) is 5.97 Å². The first-order valence-electron chi connectivity index (χ1n) is 28.1. The third-order valence-corrected chi connectivity index (χ3v) is 13.2. The molecule has 0 saturated carbocycles. The summed E-state index contributed by atoms with van der Waals surface area (Å²) in [6, 6.07) is 0. The molecule has 352 valence electrons. The van der Waals surface area contributed by atoms with E-state index in [1.165, 1.54) is 308 Å². The Kier molecular flexibility index (Phi) is 54.5. The monoisotopic (exact) mass is 829 g/mol. The van der Waals surface area contributed by atoms with E-state index in [4.69, 9.17) is 4.74 Å². The summed E-state index contributed by atoms with van der Waals surface area (Å²) >= 11 is 0. The lowest BCUT2D eigenvalue weighted by molar-refractivity contribution is -0.143. The van der Waals surface area contributed by atoms with Gasteiger partial charge in [0.2, 0.25) is 0 Å². The summed E-state index contributed by atoms with van der Waals surface area (Å²) < 4.78 is 5.50. The van der Waals surface area contributed by atoms with Crippen molar-refractivity contribution < 1.29 is 9.53 Å². The van der Waals surface area contributed by atoms with Crippen LogP contribution in [-0.4, -0.2) is 12.6 Å². The van der Waals surface area contributed by atoms with Crippen LogP contribution in [0.15, 0.2) is 12.2 Å². The molecule has 0 bridgehead atoms. The largest absolute Gasteiger partial charge is 0.466 e. The van der Waals surface area contributed by atoms with Crippen molar-refractivity contribution in [3.8, 4) is 0 Å². The fourth-order valence-corrected chi connectivity index (χ4v) is 8.96. The van der Waals surface area contributed by atoms with Crippen molar-refractivity contribution in [3.63, 3.8) is 0 Å².